The van der Waals surface area contributed by atoms with Gasteiger partial charge in [-0.05, 0) is 62.0 Å². The van der Waals surface area contributed by atoms with Crippen LogP contribution < -0.4 is 5.73 Å². The first-order valence-corrected chi connectivity index (χ1v) is 8.20. The Morgan fingerprint density at radius 3 is 2.16 bits per heavy atom. The van der Waals surface area contributed by atoms with Crippen LogP contribution in [0.2, 0.25) is 0 Å². The monoisotopic (exact) mass is 340 g/mol. The van der Waals surface area contributed by atoms with Crippen LogP contribution in [0.25, 0.3) is 0 Å². The molecule has 1 aromatic carbocycles. The van der Waals surface area contributed by atoms with E-state index in [1.54, 1.807) is 48.6 Å². The zero-order valence-corrected chi connectivity index (χ0v) is 14.7. The van der Waals surface area contributed by atoms with Crippen molar-refractivity contribution >= 4 is 11.8 Å². The van der Waals surface area contributed by atoms with Gasteiger partial charge in [-0.3, -0.25) is 14.6 Å². The van der Waals surface area contributed by atoms with Crippen molar-refractivity contribution in [3.05, 3.63) is 65.5 Å². The maximum atomic E-state index is 12.4. The number of primary amides is 1. The van der Waals surface area contributed by atoms with Gasteiger partial charge >= 0.3 is 0 Å². The molecule has 0 saturated carbocycles. The highest BCUT2D eigenvalue weighted by Crippen LogP contribution is 2.08. The number of hydrogen-bond acceptors (Lipinski definition) is 4. The lowest BCUT2D eigenvalue weighted by atomic mass is 10.1. The quantitative estimate of drug-likeness (QED) is 0.794. The van der Waals surface area contributed by atoms with Crippen LogP contribution in [0.3, 0.4) is 0 Å². The minimum atomic E-state index is -0.496. The lowest BCUT2D eigenvalue weighted by Crippen LogP contribution is -2.30. The first-order valence-electron chi connectivity index (χ1n) is 8.20. The van der Waals surface area contributed by atoms with Crippen LogP contribution >= 0.6 is 0 Å². The third-order valence-corrected chi connectivity index (χ3v) is 4.00. The van der Waals surface area contributed by atoms with Crippen molar-refractivity contribution in [2.45, 2.75) is 13.0 Å². The molecule has 0 aliphatic rings. The molecule has 6 nitrogen and oxygen atoms in total. The Bertz CT molecular complexity index is 701. The minimum absolute atomic E-state index is 0.0622. The number of nitrogens with zero attached hydrogens (tertiary/aromatic N) is 3. The Morgan fingerprint density at radius 1 is 0.960 bits per heavy atom. The zero-order valence-electron chi connectivity index (χ0n) is 14.7. The summed E-state index contributed by atoms with van der Waals surface area (Å²) in [7, 11) is 3.85. The summed E-state index contributed by atoms with van der Waals surface area (Å²) in [6, 6.07) is 10.4. The zero-order chi connectivity index (χ0) is 18.2. The molecule has 0 radical (unpaired) electrons. The van der Waals surface area contributed by atoms with Crippen LogP contribution in [0.1, 0.15) is 32.7 Å². The van der Waals surface area contributed by atoms with E-state index in [1.807, 2.05) is 12.1 Å². The molecular formula is C19H24N4O2. The van der Waals surface area contributed by atoms with Crippen LogP contribution in [0, 0.1) is 0 Å². The van der Waals surface area contributed by atoms with E-state index in [-0.39, 0.29) is 5.91 Å². The van der Waals surface area contributed by atoms with Crippen molar-refractivity contribution < 1.29 is 9.59 Å². The van der Waals surface area contributed by atoms with Gasteiger partial charge in [-0.2, -0.15) is 0 Å². The molecule has 25 heavy (non-hydrogen) atoms. The van der Waals surface area contributed by atoms with Crippen LogP contribution in [0.4, 0.5) is 0 Å². The molecule has 0 aliphatic heterocycles. The molecule has 0 saturated heterocycles. The van der Waals surface area contributed by atoms with Crippen LogP contribution in [0.5, 0.6) is 0 Å². The Kier molecular flexibility index (Phi) is 6.65. The number of aromatic nitrogens is 1. The van der Waals surface area contributed by atoms with Gasteiger partial charge in [-0.15, -0.1) is 0 Å². The first kappa shape index (κ1) is 18.6. The fourth-order valence-corrected chi connectivity index (χ4v) is 2.56. The number of pyridine rings is 1. The summed E-state index contributed by atoms with van der Waals surface area (Å²) in [5, 5.41) is 0. The molecule has 2 amide bonds. The van der Waals surface area contributed by atoms with Crippen LogP contribution in [-0.2, 0) is 6.54 Å². The van der Waals surface area contributed by atoms with Gasteiger partial charge in [0, 0.05) is 43.7 Å². The van der Waals surface area contributed by atoms with Gasteiger partial charge in [-0.1, -0.05) is 0 Å². The fourth-order valence-electron chi connectivity index (χ4n) is 2.56. The summed E-state index contributed by atoms with van der Waals surface area (Å²) in [4.78, 5) is 31.4. The smallest absolute Gasteiger partial charge is 0.253 e. The molecule has 1 heterocycles. The van der Waals surface area contributed by atoms with E-state index in [0.29, 0.717) is 17.7 Å². The molecule has 0 fully saturated rings. The van der Waals surface area contributed by atoms with Crippen molar-refractivity contribution in [1.82, 2.24) is 14.8 Å². The maximum Gasteiger partial charge on any atom is 0.253 e. The van der Waals surface area contributed by atoms with E-state index in [2.05, 4.69) is 16.9 Å². The number of nitrogens with two attached hydrogens (primary N) is 1. The fraction of sp³-hybridized carbons (Fsp3) is 0.316. The van der Waals surface area contributed by atoms with Gasteiger partial charge < -0.3 is 15.5 Å². The number of rotatable bonds is 8. The number of benzene rings is 1. The Balaban J connectivity index is 1.78. The lowest BCUT2D eigenvalue weighted by molar-refractivity contribution is 0.0788. The summed E-state index contributed by atoms with van der Waals surface area (Å²) in [5.41, 5.74) is 7.38. The second kappa shape index (κ2) is 8.94. The second-order valence-electron chi connectivity index (χ2n) is 6.12. The Hall–Kier alpha value is -2.73. The molecule has 1 aromatic heterocycles. The van der Waals surface area contributed by atoms with Gasteiger partial charge in [0.2, 0.25) is 5.91 Å². The predicted molar refractivity (Wildman–Crippen MR) is 97.1 cm³/mol. The highest BCUT2D eigenvalue weighted by molar-refractivity contribution is 5.97. The Labute approximate surface area is 148 Å². The summed E-state index contributed by atoms with van der Waals surface area (Å²) in [5.74, 6) is -0.558. The van der Waals surface area contributed by atoms with E-state index >= 15 is 0 Å². The number of carbonyl (C=O) groups is 2. The van der Waals surface area contributed by atoms with E-state index in [9.17, 15) is 9.59 Å². The molecule has 0 atom stereocenters. The van der Waals surface area contributed by atoms with Crippen molar-refractivity contribution in [3.8, 4) is 0 Å². The third kappa shape index (κ3) is 5.69. The largest absolute Gasteiger partial charge is 0.366 e. The SMILES string of the molecule is CN(CCCN(C)C(=O)c1ccc(C(N)=O)cc1)Cc1ccncc1. The molecule has 2 rings (SSSR count). The minimum Gasteiger partial charge on any atom is -0.366 e. The molecule has 2 N–H and O–H groups in total. The van der Waals surface area contributed by atoms with Gasteiger partial charge in [0.15, 0.2) is 0 Å². The average molecular weight is 340 g/mol. The summed E-state index contributed by atoms with van der Waals surface area (Å²) in [6.45, 7) is 2.41. The highest BCUT2D eigenvalue weighted by Gasteiger charge is 2.12. The summed E-state index contributed by atoms with van der Waals surface area (Å²) >= 11 is 0. The average Bonchev–Trinajstić information content (AvgIpc) is 2.62. The Morgan fingerprint density at radius 2 is 1.56 bits per heavy atom. The topological polar surface area (TPSA) is 79.5 Å². The van der Waals surface area contributed by atoms with Gasteiger partial charge in [-0.25, -0.2) is 0 Å². The van der Waals surface area contributed by atoms with Crippen molar-refractivity contribution in [3.63, 3.8) is 0 Å². The number of carbonyl (C=O) groups excluding carboxylic acids is 2. The molecule has 0 bridgehead atoms. The molecule has 0 unspecified atom stereocenters. The van der Waals surface area contributed by atoms with Gasteiger partial charge in [0.25, 0.3) is 5.91 Å². The second-order valence-corrected chi connectivity index (χ2v) is 6.12. The standard InChI is InChI=1S/C19H24N4O2/c1-22(14-15-8-10-21-11-9-15)12-3-13-23(2)19(25)17-6-4-16(5-7-17)18(20)24/h4-11H,3,12-14H2,1-2H3,(H2,20,24). The molecule has 0 spiro atoms. The molecule has 132 valence electrons. The molecular weight excluding hydrogens is 316 g/mol. The van der Waals surface area contributed by atoms with Crippen LogP contribution in [0.15, 0.2) is 48.8 Å². The molecule has 6 heteroatoms. The van der Waals surface area contributed by atoms with E-state index in [4.69, 9.17) is 5.73 Å². The highest BCUT2D eigenvalue weighted by atomic mass is 16.2. The van der Waals surface area contributed by atoms with E-state index < -0.39 is 5.91 Å². The summed E-state index contributed by atoms with van der Waals surface area (Å²) in [6.07, 6.45) is 4.46. The lowest BCUT2D eigenvalue weighted by Gasteiger charge is -2.20. The number of hydrogen-bond donors (Lipinski definition) is 1. The molecule has 2 aromatic rings. The predicted octanol–water partition coefficient (Wildman–Crippen LogP) is 1.77. The van der Waals surface area contributed by atoms with Crippen molar-refractivity contribution in [1.29, 1.82) is 0 Å². The third-order valence-electron chi connectivity index (χ3n) is 4.00. The van der Waals surface area contributed by atoms with Crippen LogP contribution in [-0.4, -0.2) is 53.8 Å². The van der Waals surface area contributed by atoms with Gasteiger partial charge in [0.05, 0.1) is 0 Å². The van der Waals surface area contributed by atoms with E-state index in [0.717, 1.165) is 19.5 Å². The summed E-state index contributed by atoms with van der Waals surface area (Å²) < 4.78 is 0. The maximum absolute atomic E-state index is 12.4. The molecule has 0 aliphatic carbocycles. The van der Waals surface area contributed by atoms with Crippen molar-refractivity contribution in [2.75, 3.05) is 27.2 Å². The normalized spacial score (nSPS) is 10.7. The first-order chi connectivity index (χ1) is 12.0. The number of amides is 2. The van der Waals surface area contributed by atoms with E-state index in [1.165, 1.54) is 5.56 Å². The van der Waals surface area contributed by atoms with Gasteiger partial charge in [0.1, 0.15) is 0 Å². The van der Waals surface area contributed by atoms with Crippen molar-refractivity contribution in [2.24, 2.45) is 5.73 Å².